The average molecular weight is 880 g/mol. The SMILES string of the molecule is Brc1ccc2[nH]c3c4c(ccc3c2c1)-c1ccccc1C41c2ccccc2-c2c(-c3ccc(N(c4ccc(-c5ccccc5)cc4)c4ccccc4-c4ccccc4)cc3)cccc21. The Morgan fingerprint density at radius 1 is 0.375 bits per heavy atom. The van der Waals surface area contributed by atoms with Crippen molar-refractivity contribution in [3.63, 3.8) is 0 Å². The van der Waals surface area contributed by atoms with Crippen molar-refractivity contribution in [1.82, 2.24) is 4.98 Å². The van der Waals surface area contributed by atoms with E-state index < -0.39 is 5.41 Å². The number of rotatable bonds is 6. The van der Waals surface area contributed by atoms with Crippen LogP contribution in [-0.4, -0.2) is 4.98 Å². The van der Waals surface area contributed by atoms with Crippen LogP contribution in [0.3, 0.4) is 0 Å². The number of aromatic nitrogens is 1. The lowest BCUT2D eigenvalue weighted by Crippen LogP contribution is -2.26. The lowest BCUT2D eigenvalue weighted by molar-refractivity contribution is 0.799. The highest BCUT2D eigenvalue weighted by Crippen LogP contribution is 2.65. The topological polar surface area (TPSA) is 19.0 Å². The molecule has 0 saturated heterocycles. The van der Waals surface area contributed by atoms with Gasteiger partial charge in [-0.15, -0.1) is 0 Å². The second-order valence-corrected chi connectivity index (χ2v) is 17.9. The number of aromatic amines is 1. The molecule has 13 rings (SSSR count). The van der Waals surface area contributed by atoms with Crippen LogP contribution in [0.15, 0.2) is 235 Å². The van der Waals surface area contributed by atoms with Gasteiger partial charge >= 0.3 is 0 Å². The first-order valence-corrected chi connectivity index (χ1v) is 22.7. The van der Waals surface area contributed by atoms with Crippen LogP contribution < -0.4 is 4.90 Å². The second kappa shape index (κ2) is 14.4. The summed E-state index contributed by atoms with van der Waals surface area (Å²) < 4.78 is 1.08. The van der Waals surface area contributed by atoms with Gasteiger partial charge < -0.3 is 9.88 Å². The molecule has 0 saturated carbocycles. The maximum Gasteiger partial charge on any atom is 0.0746 e. The molecule has 2 aliphatic rings. The number of para-hydroxylation sites is 1. The van der Waals surface area contributed by atoms with Crippen LogP contribution in [-0.2, 0) is 5.41 Å². The number of nitrogens with one attached hydrogen (secondary N) is 1. The first-order chi connectivity index (χ1) is 31.7. The van der Waals surface area contributed by atoms with Crippen molar-refractivity contribution in [2.24, 2.45) is 0 Å². The molecule has 300 valence electrons. The molecular weight excluding hydrogens is 841 g/mol. The summed E-state index contributed by atoms with van der Waals surface area (Å²) in [6, 6.07) is 84.7. The molecule has 1 N–H and O–H groups in total. The van der Waals surface area contributed by atoms with Crippen LogP contribution in [0.1, 0.15) is 22.3 Å². The maximum absolute atomic E-state index is 3.94. The minimum atomic E-state index is -0.505. The van der Waals surface area contributed by atoms with Crippen molar-refractivity contribution in [3.05, 3.63) is 257 Å². The highest BCUT2D eigenvalue weighted by Gasteiger charge is 2.53. The zero-order valence-corrected chi connectivity index (χ0v) is 36.4. The van der Waals surface area contributed by atoms with Gasteiger partial charge in [0.05, 0.1) is 16.6 Å². The fourth-order valence-electron chi connectivity index (χ4n) is 11.0. The van der Waals surface area contributed by atoms with E-state index in [1.165, 1.54) is 94.2 Å². The smallest absolute Gasteiger partial charge is 0.0746 e. The molecule has 1 aromatic heterocycles. The van der Waals surface area contributed by atoms with Gasteiger partial charge in [-0.3, -0.25) is 0 Å². The van der Waals surface area contributed by atoms with Crippen LogP contribution in [0, 0.1) is 0 Å². The predicted molar refractivity (Wildman–Crippen MR) is 271 cm³/mol. The highest BCUT2D eigenvalue weighted by molar-refractivity contribution is 9.10. The number of halogens is 1. The third kappa shape index (κ3) is 5.38. The summed E-state index contributed by atoms with van der Waals surface area (Å²) in [6.07, 6.45) is 0. The van der Waals surface area contributed by atoms with Crippen molar-refractivity contribution in [3.8, 4) is 55.6 Å². The summed E-state index contributed by atoms with van der Waals surface area (Å²) in [4.78, 5) is 6.34. The van der Waals surface area contributed by atoms with Crippen LogP contribution >= 0.6 is 15.9 Å². The largest absolute Gasteiger partial charge is 0.354 e. The number of nitrogens with zero attached hydrogens (tertiary/aromatic N) is 1. The number of hydrogen-bond donors (Lipinski definition) is 1. The number of H-pyrrole nitrogens is 1. The van der Waals surface area contributed by atoms with Crippen LogP contribution in [0.5, 0.6) is 0 Å². The fraction of sp³-hybridized carbons (Fsp3) is 0.0164. The molecule has 0 radical (unpaired) electrons. The van der Waals surface area contributed by atoms with E-state index in [0.29, 0.717) is 0 Å². The molecule has 11 aromatic rings. The Labute approximate surface area is 380 Å². The molecular formula is C61H39BrN2. The summed E-state index contributed by atoms with van der Waals surface area (Å²) in [6.45, 7) is 0. The van der Waals surface area contributed by atoms with E-state index in [9.17, 15) is 0 Å². The standard InChI is InChI=1S/C61H39BrN2/c62-43-30-37-56-52(38-43)50-36-35-49-48-19-7-10-22-53(48)61(59(49)60(50)63-56)54-23-11-8-20-51(54)58-47(21-13-24-55(58)61)42-28-33-45(34-29-42)64(44-31-26-40(27-32-44)39-14-3-1-4-15-39)57-25-12-9-18-46(57)41-16-5-2-6-17-41/h1-38,63H. The zero-order chi connectivity index (χ0) is 42.4. The molecule has 2 nitrogen and oxygen atoms in total. The second-order valence-electron chi connectivity index (χ2n) is 17.0. The molecule has 1 heterocycles. The molecule has 1 unspecified atom stereocenters. The van der Waals surface area contributed by atoms with E-state index in [1.807, 2.05) is 0 Å². The fourth-order valence-corrected chi connectivity index (χ4v) is 11.4. The van der Waals surface area contributed by atoms with Crippen molar-refractivity contribution in [2.45, 2.75) is 5.41 Å². The molecule has 0 bridgehead atoms. The normalized spacial score (nSPS) is 14.4. The van der Waals surface area contributed by atoms with E-state index in [-0.39, 0.29) is 0 Å². The van der Waals surface area contributed by atoms with Gasteiger partial charge in [0.1, 0.15) is 0 Å². The van der Waals surface area contributed by atoms with Gasteiger partial charge in [0.2, 0.25) is 0 Å². The minimum Gasteiger partial charge on any atom is -0.354 e. The first kappa shape index (κ1) is 36.9. The van der Waals surface area contributed by atoms with E-state index in [4.69, 9.17) is 0 Å². The summed E-state index contributed by atoms with van der Waals surface area (Å²) in [5.41, 5.74) is 22.8. The van der Waals surface area contributed by atoms with Crippen molar-refractivity contribution in [2.75, 3.05) is 4.90 Å². The molecule has 0 amide bonds. The quantitative estimate of drug-likeness (QED) is 0.176. The minimum absolute atomic E-state index is 0.505. The van der Waals surface area contributed by atoms with Gasteiger partial charge in [-0.1, -0.05) is 198 Å². The molecule has 1 atom stereocenters. The molecule has 10 aromatic carbocycles. The average Bonchev–Trinajstić information content (AvgIpc) is 3.99. The Balaban J connectivity index is 0.994. The Morgan fingerprint density at radius 3 is 1.66 bits per heavy atom. The van der Waals surface area contributed by atoms with Crippen LogP contribution in [0.2, 0.25) is 0 Å². The third-order valence-electron chi connectivity index (χ3n) is 13.7. The number of hydrogen-bond acceptors (Lipinski definition) is 1. The zero-order valence-electron chi connectivity index (χ0n) is 34.8. The lowest BCUT2D eigenvalue weighted by atomic mass is 9.70. The van der Waals surface area contributed by atoms with Gasteiger partial charge in [0.15, 0.2) is 0 Å². The Morgan fingerprint density at radius 2 is 0.922 bits per heavy atom. The first-order valence-electron chi connectivity index (χ1n) is 21.9. The summed E-state index contributed by atoms with van der Waals surface area (Å²) in [7, 11) is 0. The molecule has 3 heteroatoms. The van der Waals surface area contributed by atoms with E-state index in [1.54, 1.807) is 0 Å². The van der Waals surface area contributed by atoms with Gasteiger partial charge in [-0.25, -0.2) is 0 Å². The summed E-state index contributed by atoms with van der Waals surface area (Å²) in [5, 5.41) is 2.47. The molecule has 0 fully saturated rings. The number of benzene rings is 10. The van der Waals surface area contributed by atoms with Gasteiger partial charge in [-0.2, -0.15) is 0 Å². The Bertz CT molecular complexity index is 3610. The molecule has 2 aliphatic carbocycles. The van der Waals surface area contributed by atoms with Gasteiger partial charge in [0, 0.05) is 43.3 Å². The van der Waals surface area contributed by atoms with E-state index in [2.05, 4.69) is 256 Å². The van der Waals surface area contributed by atoms with Crippen molar-refractivity contribution >= 4 is 54.8 Å². The van der Waals surface area contributed by atoms with Gasteiger partial charge in [0.25, 0.3) is 0 Å². The number of fused-ring (bicyclic) bond motifs is 14. The summed E-state index contributed by atoms with van der Waals surface area (Å²) in [5.74, 6) is 0. The Hall–Kier alpha value is -7.72. The van der Waals surface area contributed by atoms with Crippen molar-refractivity contribution < 1.29 is 0 Å². The monoisotopic (exact) mass is 878 g/mol. The Kier molecular flexibility index (Phi) is 8.31. The lowest BCUT2D eigenvalue weighted by Gasteiger charge is -2.31. The molecule has 0 aliphatic heterocycles. The third-order valence-corrected chi connectivity index (χ3v) is 14.2. The predicted octanol–water partition coefficient (Wildman–Crippen LogP) is 16.9. The van der Waals surface area contributed by atoms with Gasteiger partial charge in [-0.05, 0) is 115 Å². The number of anilines is 3. The van der Waals surface area contributed by atoms with E-state index in [0.717, 1.165) is 27.1 Å². The molecule has 64 heavy (non-hydrogen) atoms. The van der Waals surface area contributed by atoms with Crippen LogP contribution in [0.4, 0.5) is 17.1 Å². The van der Waals surface area contributed by atoms with Crippen molar-refractivity contribution in [1.29, 1.82) is 0 Å². The molecule has 1 spiro atoms. The maximum atomic E-state index is 3.94. The summed E-state index contributed by atoms with van der Waals surface area (Å²) >= 11 is 3.76. The highest BCUT2D eigenvalue weighted by atomic mass is 79.9. The van der Waals surface area contributed by atoms with E-state index >= 15 is 0 Å². The van der Waals surface area contributed by atoms with Crippen LogP contribution in [0.25, 0.3) is 77.4 Å².